The van der Waals surface area contributed by atoms with Crippen LogP contribution in [-0.2, 0) is 0 Å². The standard InChI is InChI=1S/C20H26N3O/c1-5-22(6-2)16-13-14-18-19(20(16)23(7-3)8-4)21-15-11-9-10-12-17(15)24-18/h9-14H,5-8H2,1-4H3/q+1. The number of benzene rings is 2. The minimum Gasteiger partial charge on any atom is -0.453 e. The Bertz CT molecular complexity index is 872. The summed E-state index contributed by atoms with van der Waals surface area (Å²) < 4.78 is 8.49. The van der Waals surface area contributed by atoms with Gasteiger partial charge >= 0.3 is 0 Å². The minimum absolute atomic E-state index is 0.825. The molecular formula is C20H26N3O+. The molecule has 1 heterocycles. The SMILES string of the molecule is CCN(CC)c1ccc2oc3ccccc3nc-2c1=[N+](CC)CC. The van der Waals surface area contributed by atoms with Crippen molar-refractivity contribution in [1.29, 1.82) is 0 Å². The van der Waals surface area contributed by atoms with Gasteiger partial charge in [0.15, 0.2) is 17.0 Å². The van der Waals surface area contributed by atoms with E-state index in [4.69, 9.17) is 9.40 Å². The third-order valence-corrected chi connectivity index (χ3v) is 4.59. The van der Waals surface area contributed by atoms with E-state index in [1.807, 2.05) is 24.3 Å². The summed E-state index contributed by atoms with van der Waals surface area (Å²) in [4.78, 5) is 7.32. The van der Waals surface area contributed by atoms with Crippen LogP contribution in [0.15, 0.2) is 40.8 Å². The van der Waals surface area contributed by atoms with Crippen molar-refractivity contribution in [2.45, 2.75) is 27.7 Å². The van der Waals surface area contributed by atoms with Crippen molar-refractivity contribution in [1.82, 2.24) is 9.56 Å². The van der Waals surface area contributed by atoms with Gasteiger partial charge in [-0.05, 0) is 52.0 Å². The maximum absolute atomic E-state index is 6.12. The first-order valence-corrected chi connectivity index (χ1v) is 8.88. The summed E-state index contributed by atoms with van der Waals surface area (Å²) in [6.45, 7) is 12.6. The summed E-state index contributed by atoms with van der Waals surface area (Å²) in [6.07, 6.45) is 0. The van der Waals surface area contributed by atoms with Gasteiger partial charge in [-0.25, -0.2) is 9.56 Å². The Kier molecular flexibility index (Phi) is 4.84. The van der Waals surface area contributed by atoms with Crippen molar-refractivity contribution in [3.8, 4) is 11.5 Å². The second-order valence-corrected chi connectivity index (χ2v) is 5.81. The maximum atomic E-state index is 6.12. The van der Waals surface area contributed by atoms with Gasteiger partial charge in [-0.1, -0.05) is 12.1 Å². The molecule has 4 nitrogen and oxygen atoms in total. The van der Waals surface area contributed by atoms with E-state index in [1.165, 1.54) is 11.0 Å². The summed E-state index contributed by atoms with van der Waals surface area (Å²) in [5.41, 5.74) is 3.90. The Morgan fingerprint density at radius 1 is 0.958 bits per heavy atom. The molecule has 1 aliphatic carbocycles. The molecule has 0 spiro atoms. The van der Waals surface area contributed by atoms with Gasteiger partial charge < -0.3 is 9.32 Å². The zero-order chi connectivity index (χ0) is 17.1. The summed E-state index contributed by atoms with van der Waals surface area (Å²) in [7, 11) is 0. The molecular weight excluding hydrogens is 298 g/mol. The molecule has 0 atom stereocenters. The molecule has 0 amide bonds. The number of hydrogen-bond acceptors (Lipinski definition) is 3. The number of fused-ring (bicyclic) bond motifs is 2. The highest BCUT2D eigenvalue weighted by Gasteiger charge is 2.22. The van der Waals surface area contributed by atoms with E-state index < -0.39 is 0 Å². The van der Waals surface area contributed by atoms with Crippen molar-refractivity contribution in [3.63, 3.8) is 0 Å². The number of aromatic nitrogens is 1. The molecule has 24 heavy (non-hydrogen) atoms. The smallest absolute Gasteiger partial charge is 0.253 e. The van der Waals surface area contributed by atoms with E-state index in [1.54, 1.807) is 0 Å². The molecule has 1 aromatic carbocycles. The van der Waals surface area contributed by atoms with Gasteiger partial charge in [-0.2, -0.15) is 0 Å². The van der Waals surface area contributed by atoms with Crippen LogP contribution in [-0.4, -0.2) is 31.2 Å². The highest BCUT2D eigenvalue weighted by molar-refractivity contribution is 5.77. The number of hydrogen-bond donors (Lipinski definition) is 0. The topological polar surface area (TPSA) is 32.3 Å². The predicted octanol–water partition coefficient (Wildman–Crippen LogP) is 3.59. The monoisotopic (exact) mass is 324 g/mol. The molecule has 4 heteroatoms. The predicted molar refractivity (Wildman–Crippen MR) is 101 cm³/mol. The molecule has 126 valence electrons. The van der Waals surface area contributed by atoms with Crippen LogP contribution in [0.2, 0.25) is 0 Å². The van der Waals surface area contributed by atoms with E-state index in [-0.39, 0.29) is 0 Å². The molecule has 0 radical (unpaired) electrons. The quantitative estimate of drug-likeness (QED) is 0.531. The van der Waals surface area contributed by atoms with E-state index >= 15 is 0 Å². The van der Waals surface area contributed by atoms with Gasteiger partial charge in [0.05, 0.1) is 0 Å². The van der Waals surface area contributed by atoms with Gasteiger partial charge in [0, 0.05) is 13.1 Å². The molecule has 2 aliphatic rings. The highest BCUT2D eigenvalue weighted by Crippen LogP contribution is 2.25. The van der Waals surface area contributed by atoms with E-state index in [9.17, 15) is 0 Å². The number of nitrogens with zero attached hydrogens (tertiary/aromatic N) is 3. The van der Waals surface area contributed by atoms with Crippen LogP contribution in [0.5, 0.6) is 0 Å². The Morgan fingerprint density at radius 2 is 1.67 bits per heavy atom. The van der Waals surface area contributed by atoms with Gasteiger partial charge in [-0.3, -0.25) is 0 Å². The summed E-state index contributed by atoms with van der Waals surface area (Å²) >= 11 is 0. The van der Waals surface area contributed by atoms with Crippen LogP contribution in [0, 0.1) is 0 Å². The third-order valence-electron chi connectivity index (χ3n) is 4.59. The lowest BCUT2D eigenvalue weighted by Gasteiger charge is -2.21. The zero-order valence-corrected chi connectivity index (χ0v) is 15.0. The van der Waals surface area contributed by atoms with Crippen molar-refractivity contribution >= 4 is 16.8 Å². The summed E-state index contributed by atoms with van der Waals surface area (Å²) in [5, 5.41) is 1.18. The highest BCUT2D eigenvalue weighted by atomic mass is 16.3. The molecule has 0 bridgehead atoms. The molecule has 1 aliphatic heterocycles. The Morgan fingerprint density at radius 3 is 2.33 bits per heavy atom. The van der Waals surface area contributed by atoms with Gasteiger partial charge in [0.2, 0.25) is 0 Å². The Balaban J connectivity index is 2.45. The second-order valence-electron chi connectivity index (χ2n) is 5.81. The van der Waals surface area contributed by atoms with Crippen LogP contribution >= 0.6 is 0 Å². The van der Waals surface area contributed by atoms with E-state index in [2.05, 4.69) is 49.3 Å². The first kappa shape index (κ1) is 16.5. The molecule has 0 saturated heterocycles. The molecule has 3 rings (SSSR count). The number of rotatable bonds is 5. The van der Waals surface area contributed by atoms with Crippen LogP contribution in [0.1, 0.15) is 27.7 Å². The van der Waals surface area contributed by atoms with Crippen LogP contribution in [0.25, 0.3) is 22.6 Å². The first-order valence-electron chi connectivity index (χ1n) is 8.88. The van der Waals surface area contributed by atoms with Crippen molar-refractivity contribution in [3.05, 3.63) is 41.8 Å². The van der Waals surface area contributed by atoms with Gasteiger partial charge in [-0.15, -0.1) is 0 Å². The normalized spacial score (nSPS) is 11.2. The molecule has 0 aromatic heterocycles. The third kappa shape index (κ3) is 2.77. The van der Waals surface area contributed by atoms with Crippen LogP contribution < -0.4 is 14.8 Å². The molecule has 0 N–H and O–H groups in total. The lowest BCUT2D eigenvalue weighted by molar-refractivity contribution is 0.594. The molecule has 0 unspecified atom stereocenters. The van der Waals surface area contributed by atoms with Crippen molar-refractivity contribution in [2.24, 2.45) is 0 Å². The maximum Gasteiger partial charge on any atom is 0.253 e. The fourth-order valence-electron chi connectivity index (χ4n) is 3.29. The first-order chi connectivity index (χ1) is 11.7. The lowest BCUT2D eigenvalue weighted by Crippen LogP contribution is -2.38. The van der Waals surface area contributed by atoms with Crippen molar-refractivity contribution in [2.75, 3.05) is 31.1 Å². The van der Waals surface area contributed by atoms with Crippen LogP contribution in [0.4, 0.5) is 5.69 Å². The molecule has 0 fully saturated rings. The second kappa shape index (κ2) is 7.04. The minimum atomic E-state index is 0.825. The average Bonchev–Trinajstić information content (AvgIpc) is 2.63. The largest absolute Gasteiger partial charge is 0.453 e. The Labute approximate surface area is 143 Å². The summed E-state index contributed by atoms with van der Waals surface area (Å²) in [5.74, 6) is 0.839. The number of anilines is 1. The number of para-hydroxylation sites is 2. The summed E-state index contributed by atoms with van der Waals surface area (Å²) in [6, 6.07) is 12.2. The lowest BCUT2D eigenvalue weighted by atomic mass is 10.1. The Hall–Kier alpha value is -2.36. The average molecular weight is 324 g/mol. The zero-order valence-electron chi connectivity index (χ0n) is 15.0. The van der Waals surface area contributed by atoms with E-state index in [0.717, 1.165) is 48.7 Å². The van der Waals surface area contributed by atoms with Gasteiger partial charge in [0.25, 0.3) is 5.36 Å². The van der Waals surface area contributed by atoms with Gasteiger partial charge in [0.1, 0.15) is 24.3 Å². The fraction of sp³-hybridized carbons (Fsp3) is 0.400. The van der Waals surface area contributed by atoms with E-state index in [0.29, 0.717) is 0 Å². The van der Waals surface area contributed by atoms with Crippen molar-refractivity contribution < 1.29 is 4.42 Å². The molecule has 1 aromatic rings. The molecule has 0 saturated carbocycles. The van der Waals surface area contributed by atoms with Crippen LogP contribution in [0.3, 0.4) is 0 Å². The fourth-order valence-corrected chi connectivity index (χ4v) is 3.29.